The third-order valence-corrected chi connectivity index (χ3v) is 3.54. The summed E-state index contributed by atoms with van der Waals surface area (Å²) in [4.78, 5) is 22.7. The van der Waals surface area contributed by atoms with Crippen LogP contribution in [0.4, 0.5) is 4.79 Å². The second-order valence-corrected chi connectivity index (χ2v) is 4.24. The largest absolute Gasteiger partial charge is 0.328 e. The monoisotopic (exact) mass is 197 g/mol. The third-order valence-electron chi connectivity index (χ3n) is 3.54. The number of nitrogens with two attached hydrogens (primary N) is 1. The van der Waals surface area contributed by atoms with Crippen molar-refractivity contribution in [3.8, 4) is 0 Å². The number of amides is 3. The SMILES string of the molecule is CC1CCC1C1(CN)NC(=O)NC1=O. The van der Waals surface area contributed by atoms with Crippen molar-refractivity contribution in [1.29, 1.82) is 0 Å². The Morgan fingerprint density at radius 3 is 2.50 bits per heavy atom. The zero-order valence-electron chi connectivity index (χ0n) is 8.17. The molecule has 0 spiro atoms. The first-order valence-corrected chi connectivity index (χ1v) is 4.94. The molecule has 4 N–H and O–H groups in total. The molecule has 3 unspecified atom stereocenters. The van der Waals surface area contributed by atoms with Gasteiger partial charge in [-0.1, -0.05) is 6.92 Å². The van der Waals surface area contributed by atoms with Crippen LogP contribution in [0, 0.1) is 11.8 Å². The number of carbonyl (C=O) groups is 2. The summed E-state index contributed by atoms with van der Waals surface area (Å²) in [6, 6.07) is -0.417. The first kappa shape index (κ1) is 9.45. The lowest BCUT2D eigenvalue weighted by Crippen LogP contribution is -2.62. The molecule has 5 nitrogen and oxygen atoms in total. The van der Waals surface area contributed by atoms with Gasteiger partial charge in [-0.3, -0.25) is 10.1 Å². The summed E-state index contributed by atoms with van der Waals surface area (Å²) in [5, 5.41) is 4.93. The number of imide groups is 1. The van der Waals surface area contributed by atoms with E-state index in [0.717, 1.165) is 12.8 Å². The van der Waals surface area contributed by atoms with E-state index < -0.39 is 11.6 Å². The lowest BCUT2D eigenvalue weighted by molar-refractivity contribution is -0.128. The summed E-state index contributed by atoms with van der Waals surface area (Å²) >= 11 is 0. The average molecular weight is 197 g/mol. The lowest BCUT2D eigenvalue weighted by Gasteiger charge is -2.44. The Morgan fingerprint density at radius 1 is 1.50 bits per heavy atom. The first-order chi connectivity index (χ1) is 6.60. The molecular formula is C9H15N3O2. The van der Waals surface area contributed by atoms with Gasteiger partial charge in [0.2, 0.25) is 0 Å². The minimum absolute atomic E-state index is 0.180. The van der Waals surface area contributed by atoms with Gasteiger partial charge in [-0.05, 0) is 24.7 Å². The highest BCUT2D eigenvalue weighted by Gasteiger charge is 2.54. The molecule has 2 rings (SSSR count). The Hall–Kier alpha value is -1.10. The van der Waals surface area contributed by atoms with E-state index in [-0.39, 0.29) is 18.4 Å². The van der Waals surface area contributed by atoms with Gasteiger partial charge < -0.3 is 11.1 Å². The van der Waals surface area contributed by atoms with Gasteiger partial charge in [-0.15, -0.1) is 0 Å². The van der Waals surface area contributed by atoms with Crippen molar-refractivity contribution < 1.29 is 9.59 Å². The number of rotatable bonds is 2. The number of hydrogen-bond acceptors (Lipinski definition) is 3. The molecule has 0 aromatic heterocycles. The van der Waals surface area contributed by atoms with Crippen molar-refractivity contribution in [1.82, 2.24) is 10.6 Å². The van der Waals surface area contributed by atoms with Crippen molar-refractivity contribution in [2.45, 2.75) is 25.3 Å². The topological polar surface area (TPSA) is 84.2 Å². The highest BCUT2D eigenvalue weighted by atomic mass is 16.2. The Morgan fingerprint density at radius 2 is 2.21 bits per heavy atom. The van der Waals surface area contributed by atoms with Crippen LogP contribution in [-0.2, 0) is 4.79 Å². The van der Waals surface area contributed by atoms with E-state index in [1.54, 1.807) is 0 Å². The standard InChI is InChI=1S/C9H15N3O2/c1-5-2-3-6(5)9(4-10)7(13)11-8(14)12-9/h5-6H,2-4,10H2,1H3,(H2,11,12,13,14). The fourth-order valence-corrected chi connectivity index (χ4v) is 2.46. The molecule has 0 aromatic carbocycles. The highest BCUT2D eigenvalue weighted by Crippen LogP contribution is 2.42. The Balaban J connectivity index is 2.25. The lowest BCUT2D eigenvalue weighted by atomic mass is 9.64. The van der Waals surface area contributed by atoms with E-state index in [2.05, 4.69) is 17.6 Å². The molecule has 3 atom stereocenters. The van der Waals surface area contributed by atoms with Crippen LogP contribution in [0.2, 0.25) is 0 Å². The summed E-state index contributed by atoms with van der Waals surface area (Å²) in [5.74, 6) is 0.392. The van der Waals surface area contributed by atoms with Gasteiger partial charge in [0.1, 0.15) is 5.54 Å². The molecule has 1 aliphatic heterocycles. The Kier molecular flexibility index (Phi) is 1.99. The summed E-state index contributed by atoms with van der Waals surface area (Å²) in [7, 11) is 0. The van der Waals surface area contributed by atoms with Crippen LogP contribution in [0.15, 0.2) is 0 Å². The molecule has 1 saturated heterocycles. The molecule has 14 heavy (non-hydrogen) atoms. The van der Waals surface area contributed by atoms with Crippen molar-refractivity contribution in [2.75, 3.05) is 6.54 Å². The van der Waals surface area contributed by atoms with Gasteiger partial charge in [0, 0.05) is 6.54 Å². The van der Waals surface area contributed by atoms with Crippen molar-refractivity contribution >= 4 is 11.9 Å². The van der Waals surface area contributed by atoms with Crippen LogP contribution in [0.5, 0.6) is 0 Å². The molecule has 1 heterocycles. The molecule has 2 fully saturated rings. The normalized spacial score (nSPS) is 41.6. The summed E-state index contributed by atoms with van der Waals surface area (Å²) < 4.78 is 0. The number of hydrogen-bond donors (Lipinski definition) is 3. The second kappa shape index (κ2) is 2.95. The van der Waals surface area contributed by atoms with Gasteiger partial charge in [-0.25, -0.2) is 4.79 Å². The first-order valence-electron chi connectivity index (χ1n) is 4.94. The average Bonchev–Trinajstić information content (AvgIpc) is 2.40. The Labute approximate surface area is 82.4 Å². The molecule has 2 aliphatic rings. The van der Waals surface area contributed by atoms with E-state index in [9.17, 15) is 9.59 Å². The van der Waals surface area contributed by atoms with Crippen molar-refractivity contribution in [3.05, 3.63) is 0 Å². The minimum atomic E-state index is -0.839. The third kappa shape index (κ3) is 1.05. The van der Waals surface area contributed by atoms with Crippen LogP contribution in [0.25, 0.3) is 0 Å². The van der Waals surface area contributed by atoms with E-state index in [0.29, 0.717) is 5.92 Å². The summed E-state index contributed by atoms with van der Waals surface area (Å²) in [5.41, 5.74) is 4.78. The van der Waals surface area contributed by atoms with E-state index in [1.165, 1.54) is 0 Å². The molecular weight excluding hydrogens is 182 g/mol. The molecule has 1 saturated carbocycles. The van der Waals surface area contributed by atoms with Crippen LogP contribution in [0.3, 0.4) is 0 Å². The maximum atomic E-state index is 11.6. The number of urea groups is 1. The molecule has 1 aliphatic carbocycles. The summed E-state index contributed by atoms with van der Waals surface area (Å²) in [6.45, 7) is 2.27. The van der Waals surface area contributed by atoms with Crippen LogP contribution in [0.1, 0.15) is 19.8 Å². The molecule has 5 heteroatoms. The van der Waals surface area contributed by atoms with Crippen molar-refractivity contribution in [3.63, 3.8) is 0 Å². The predicted octanol–water partition coefficient (Wildman–Crippen LogP) is -0.431. The van der Waals surface area contributed by atoms with Gasteiger partial charge in [0.15, 0.2) is 0 Å². The highest BCUT2D eigenvalue weighted by molar-refractivity contribution is 6.07. The van der Waals surface area contributed by atoms with Crippen LogP contribution >= 0.6 is 0 Å². The zero-order valence-corrected chi connectivity index (χ0v) is 8.17. The maximum Gasteiger partial charge on any atom is 0.322 e. The smallest absolute Gasteiger partial charge is 0.322 e. The van der Waals surface area contributed by atoms with E-state index in [1.807, 2.05) is 0 Å². The van der Waals surface area contributed by atoms with Gasteiger partial charge in [0.25, 0.3) is 5.91 Å². The fraction of sp³-hybridized carbons (Fsp3) is 0.778. The predicted molar refractivity (Wildman–Crippen MR) is 50.3 cm³/mol. The zero-order chi connectivity index (χ0) is 10.3. The quantitative estimate of drug-likeness (QED) is 0.525. The van der Waals surface area contributed by atoms with E-state index in [4.69, 9.17) is 5.73 Å². The second-order valence-electron chi connectivity index (χ2n) is 4.24. The molecule has 0 aromatic rings. The number of carbonyl (C=O) groups excluding carboxylic acids is 2. The minimum Gasteiger partial charge on any atom is -0.328 e. The van der Waals surface area contributed by atoms with Gasteiger partial charge in [-0.2, -0.15) is 0 Å². The maximum absolute atomic E-state index is 11.6. The summed E-state index contributed by atoms with van der Waals surface area (Å²) in [6.07, 6.45) is 2.07. The van der Waals surface area contributed by atoms with Crippen molar-refractivity contribution in [2.24, 2.45) is 17.6 Å². The fourth-order valence-electron chi connectivity index (χ4n) is 2.46. The molecule has 78 valence electrons. The van der Waals surface area contributed by atoms with Gasteiger partial charge >= 0.3 is 6.03 Å². The molecule has 0 bridgehead atoms. The number of nitrogens with one attached hydrogen (secondary N) is 2. The van der Waals surface area contributed by atoms with Crippen LogP contribution < -0.4 is 16.4 Å². The van der Waals surface area contributed by atoms with E-state index >= 15 is 0 Å². The Bertz CT molecular complexity index is 292. The molecule has 0 radical (unpaired) electrons. The molecule has 3 amide bonds. The van der Waals surface area contributed by atoms with Crippen LogP contribution in [-0.4, -0.2) is 24.0 Å². The van der Waals surface area contributed by atoms with Gasteiger partial charge in [0.05, 0.1) is 0 Å².